The van der Waals surface area contributed by atoms with Crippen molar-refractivity contribution in [1.82, 2.24) is 15.2 Å². The van der Waals surface area contributed by atoms with Crippen LogP contribution < -0.4 is 5.32 Å². The number of hydrogen-bond donors (Lipinski definition) is 2. The Morgan fingerprint density at radius 1 is 0.918 bits per heavy atom. The summed E-state index contributed by atoms with van der Waals surface area (Å²) in [5.74, 6) is -1.02. The van der Waals surface area contributed by atoms with E-state index >= 15 is 0 Å². The number of carbonyl (C=O) groups excluding carboxylic acids is 2. The fourth-order valence-electron chi connectivity index (χ4n) is 5.85. The Balaban J connectivity index is 1.22. The number of thiocarbonyl (C=S) groups is 1. The molecule has 0 spiro atoms. The molecule has 11 heteroatoms. The molecule has 2 atom stereocenters. The number of fused-ring (bicyclic) bond motifs is 1. The van der Waals surface area contributed by atoms with Gasteiger partial charge >= 0.3 is 5.97 Å². The molecule has 0 radical (unpaired) electrons. The predicted molar refractivity (Wildman–Crippen MR) is 195 cm³/mol. The molecule has 1 saturated heterocycles. The third-order valence-electron chi connectivity index (χ3n) is 8.31. The molecular weight excluding hydrogens is 675 g/mol. The highest BCUT2D eigenvalue weighted by Gasteiger charge is 2.54. The number of thioether (sulfide) groups is 1. The molecule has 0 unspecified atom stereocenters. The number of thiazole rings is 1. The van der Waals surface area contributed by atoms with E-state index in [0.29, 0.717) is 22.2 Å². The number of carbonyl (C=O) groups is 3. The SMILES string of the molecule is O=C(Cc1ccccc1)N[C@@H]1C(=O)N2C(C(=S)OC(c3ccccc3)c3ccccc3)=C(c3nc(-c4ccc(C(=O)O)cc4)cs3)CS[C@H]12. The molecule has 3 heterocycles. The van der Waals surface area contributed by atoms with Crippen LogP contribution in [-0.4, -0.2) is 55.0 Å². The van der Waals surface area contributed by atoms with Gasteiger partial charge in [-0.1, -0.05) is 103 Å². The van der Waals surface area contributed by atoms with Crippen molar-refractivity contribution < 1.29 is 24.2 Å². The maximum atomic E-state index is 13.9. The molecule has 8 nitrogen and oxygen atoms in total. The molecule has 2 amide bonds. The Hall–Kier alpha value is -5.10. The number of aromatic carboxylic acids is 1. The molecule has 1 fully saturated rings. The van der Waals surface area contributed by atoms with Crippen LogP contribution in [0.15, 0.2) is 126 Å². The number of hydrogen-bond acceptors (Lipinski definition) is 8. The first-order valence-electron chi connectivity index (χ1n) is 15.5. The second kappa shape index (κ2) is 14.2. The summed E-state index contributed by atoms with van der Waals surface area (Å²) < 4.78 is 6.64. The molecule has 2 aliphatic heterocycles. The molecule has 7 rings (SSSR count). The number of carboxylic acids is 1. The number of benzene rings is 4. The van der Waals surface area contributed by atoms with E-state index in [2.05, 4.69) is 5.32 Å². The highest BCUT2D eigenvalue weighted by molar-refractivity contribution is 8.00. The molecule has 2 N–H and O–H groups in total. The van der Waals surface area contributed by atoms with Crippen molar-refractivity contribution in [2.75, 3.05) is 5.75 Å². The summed E-state index contributed by atoms with van der Waals surface area (Å²) in [6, 6.07) is 34.8. The Kier molecular flexibility index (Phi) is 9.38. The molecule has 244 valence electrons. The van der Waals surface area contributed by atoms with Crippen molar-refractivity contribution in [3.05, 3.63) is 154 Å². The summed E-state index contributed by atoms with van der Waals surface area (Å²) >= 11 is 9.00. The lowest BCUT2D eigenvalue weighted by molar-refractivity contribution is -0.145. The smallest absolute Gasteiger partial charge is 0.335 e. The van der Waals surface area contributed by atoms with Crippen molar-refractivity contribution in [1.29, 1.82) is 0 Å². The zero-order valence-electron chi connectivity index (χ0n) is 25.9. The van der Waals surface area contributed by atoms with Gasteiger partial charge < -0.3 is 15.2 Å². The van der Waals surface area contributed by atoms with Crippen molar-refractivity contribution in [3.8, 4) is 11.3 Å². The standard InChI is InChI=1S/C38H29N3O5S3/c42-30(20-23-10-4-1-5-11-23)40-31-35(43)41-32(38(47)46-33(25-12-6-2-7-13-25)26-14-8-3-9-15-26)28(21-49-36(31)41)34-39-29(22-48-34)24-16-18-27(19-17-24)37(44)45/h1-19,22,31,33,36H,20-21H2,(H,40,42)(H,44,45)/t31-,36-/m1/s1. The van der Waals surface area contributed by atoms with Gasteiger partial charge in [-0.15, -0.1) is 23.1 Å². The summed E-state index contributed by atoms with van der Waals surface area (Å²) in [6.07, 6.45) is -0.364. The van der Waals surface area contributed by atoms with E-state index < -0.39 is 18.1 Å². The van der Waals surface area contributed by atoms with Crippen LogP contribution in [0, 0.1) is 0 Å². The summed E-state index contributed by atoms with van der Waals surface area (Å²) in [5, 5.41) is 14.6. The topological polar surface area (TPSA) is 109 Å². The number of nitrogens with zero attached hydrogens (tertiary/aromatic N) is 2. The number of carboxylic acid groups (broad SMARTS) is 1. The average molecular weight is 704 g/mol. The summed E-state index contributed by atoms with van der Waals surface area (Å²) in [4.78, 5) is 44.8. The van der Waals surface area contributed by atoms with Gasteiger partial charge in [0.2, 0.25) is 11.0 Å². The van der Waals surface area contributed by atoms with E-state index in [-0.39, 0.29) is 34.2 Å². The number of nitrogens with one attached hydrogen (secondary N) is 1. The molecule has 2 aliphatic rings. The number of ether oxygens (including phenoxy) is 1. The first kappa shape index (κ1) is 32.4. The fraction of sp³-hybridized carbons (Fsp3) is 0.132. The number of rotatable bonds is 10. The van der Waals surface area contributed by atoms with Gasteiger partial charge in [-0.05, 0) is 41.0 Å². The number of β-lactam (4-membered cyclic amide) rings is 1. The Bertz CT molecular complexity index is 2010. The highest BCUT2D eigenvalue weighted by Crippen LogP contribution is 2.45. The quantitative estimate of drug-likeness (QED) is 0.118. The molecule has 0 aliphatic carbocycles. The van der Waals surface area contributed by atoms with Gasteiger partial charge in [-0.25, -0.2) is 9.78 Å². The summed E-state index contributed by atoms with van der Waals surface area (Å²) in [6.45, 7) is 0. The molecule has 5 aromatic rings. The summed E-state index contributed by atoms with van der Waals surface area (Å²) in [7, 11) is 0. The van der Waals surface area contributed by atoms with Gasteiger partial charge in [0.05, 0.1) is 17.7 Å². The van der Waals surface area contributed by atoms with Gasteiger partial charge in [0, 0.05) is 22.3 Å². The van der Waals surface area contributed by atoms with Gasteiger partial charge in [-0.3, -0.25) is 14.5 Å². The zero-order chi connectivity index (χ0) is 33.9. The number of aromatic nitrogens is 1. The molecular formula is C38H29N3O5S3. The molecule has 1 aromatic heterocycles. The van der Waals surface area contributed by atoms with Crippen LogP contribution in [0.1, 0.15) is 38.2 Å². The summed E-state index contributed by atoms with van der Waals surface area (Å²) in [5.41, 5.74) is 5.53. The van der Waals surface area contributed by atoms with Gasteiger partial charge in [-0.2, -0.15) is 0 Å². The molecule has 0 bridgehead atoms. The number of amides is 2. The van der Waals surface area contributed by atoms with Crippen LogP contribution in [0.5, 0.6) is 0 Å². The Morgan fingerprint density at radius 3 is 2.14 bits per heavy atom. The van der Waals surface area contributed by atoms with E-state index in [1.54, 1.807) is 29.2 Å². The van der Waals surface area contributed by atoms with Gasteiger partial charge in [0.25, 0.3) is 5.91 Å². The van der Waals surface area contributed by atoms with Crippen LogP contribution >= 0.6 is 35.3 Å². The van der Waals surface area contributed by atoms with Crippen LogP contribution in [0.2, 0.25) is 0 Å². The largest absolute Gasteiger partial charge is 0.478 e. The monoisotopic (exact) mass is 703 g/mol. The third-order valence-corrected chi connectivity index (χ3v) is 10.8. The van der Waals surface area contributed by atoms with Crippen LogP contribution in [0.3, 0.4) is 0 Å². The minimum atomic E-state index is -0.999. The minimum absolute atomic E-state index is 0.156. The Morgan fingerprint density at radius 2 is 1.53 bits per heavy atom. The van der Waals surface area contributed by atoms with Crippen LogP contribution in [0.4, 0.5) is 0 Å². The normalized spacial score (nSPS) is 16.9. The van der Waals surface area contributed by atoms with Crippen LogP contribution in [-0.2, 0) is 20.7 Å². The second-order valence-corrected chi connectivity index (χ2v) is 13.8. The first-order valence-corrected chi connectivity index (χ1v) is 17.8. The Labute approximate surface area is 296 Å². The first-order chi connectivity index (χ1) is 23.9. The highest BCUT2D eigenvalue weighted by atomic mass is 32.2. The zero-order valence-corrected chi connectivity index (χ0v) is 28.3. The predicted octanol–water partition coefficient (Wildman–Crippen LogP) is 7.00. The van der Waals surface area contributed by atoms with Gasteiger partial charge in [0.15, 0.2) is 0 Å². The van der Waals surface area contributed by atoms with Crippen molar-refractivity contribution in [2.24, 2.45) is 0 Å². The average Bonchev–Trinajstić information content (AvgIpc) is 3.63. The fourth-order valence-corrected chi connectivity index (χ4v) is 8.48. The minimum Gasteiger partial charge on any atom is -0.478 e. The van der Waals surface area contributed by atoms with E-state index in [9.17, 15) is 19.5 Å². The molecule has 0 saturated carbocycles. The lowest BCUT2D eigenvalue weighted by Crippen LogP contribution is -2.70. The maximum Gasteiger partial charge on any atom is 0.335 e. The van der Waals surface area contributed by atoms with Crippen molar-refractivity contribution in [3.63, 3.8) is 0 Å². The van der Waals surface area contributed by atoms with E-state index in [1.807, 2.05) is 96.4 Å². The third kappa shape index (κ3) is 6.78. The maximum absolute atomic E-state index is 13.9. The second-order valence-electron chi connectivity index (χ2n) is 11.5. The van der Waals surface area contributed by atoms with Crippen molar-refractivity contribution in [2.45, 2.75) is 23.9 Å². The molecule has 4 aromatic carbocycles. The lowest BCUT2D eigenvalue weighted by atomic mass is 10.0. The molecule has 49 heavy (non-hydrogen) atoms. The lowest BCUT2D eigenvalue weighted by Gasteiger charge is -2.50. The van der Waals surface area contributed by atoms with Crippen LogP contribution in [0.25, 0.3) is 16.8 Å². The van der Waals surface area contributed by atoms with Gasteiger partial charge in [0.1, 0.15) is 28.2 Å². The van der Waals surface area contributed by atoms with E-state index in [4.69, 9.17) is 21.9 Å². The van der Waals surface area contributed by atoms with E-state index in [0.717, 1.165) is 27.8 Å². The van der Waals surface area contributed by atoms with Crippen molar-refractivity contribution >= 4 is 63.7 Å². The van der Waals surface area contributed by atoms with E-state index in [1.165, 1.54) is 23.1 Å².